The number of aromatic nitrogens is 3. The molecule has 23 heavy (non-hydrogen) atoms. The maximum absolute atomic E-state index is 12.4. The lowest BCUT2D eigenvalue weighted by atomic mass is 10.2. The van der Waals surface area contributed by atoms with Gasteiger partial charge in [-0.25, -0.2) is 4.98 Å². The van der Waals surface area contributed by atoms with Crippen molar-refractivity contribution in [1.29, 1.82) is 0 Å². The Kier molecular flexibility index (Phi) is 5.31. The molecule has 1 fully saturated rings. The molecule has 0 radical (unpaired) electrons. The van der Waals surface area contributed by atoms with Crippen LogP contribution in [-0.2, 0) is 16.8 Å². The summed E-state index contributed by atoms with van der Waals surface area (Å²) < 4.78 is 28.9. The number of nitrogens with one attached hydrogen (secondary N) is 1. The van der Waals surface area contributed by atoms with Gasteiger partial charge in [0.1, 0.15) is 10.7 Å². The van der Waals surface area contributed by atoms with Gasteiger partial charge < -0.3 is 0 Å². The molecule has 3 heterocycles. The molecule has 0 spiro atoms. The van der Waals surface area contributed by atoms with Crippen LogP contribution in [0.4, 0.5) is 0 Å². The first-order valence-corrected chi connectivity index (χ1v) is 9.93. The van der Waals surface area contributed by atoms with Gasteiger partial charge in [0.25, 0.3) is 10.2 Å². The Morgan fingerprint density at radius 3 is 2.65 bits per heavy atom. The first-order valence-electron chi connectivity index (χ1n) is 7.61. The van der Waals surface area contributed by atoms with Crippen LogP contribution in [0.15, 0.2) is 24.0 Å². The summed E-state index contributed by atoms with van der Waals surface area (Å²) in [5, 5.41) is 2.58. The summed E-state index contributed by atoms with van der Waals surface area (Å²) in [4.78, 5) is 12.6. The molecule has 9 heteroatoms. The fourth-order valence-electron chi connectivity index (χ4n) is 2.45. The monoisotopic (exact) mass is 353 g/mol. The lowest BCUT2D eigenvalue weighted by Gasteiger charge is -2.19. The highest BCUT2D eigenvalue weighted by atomic mass is 32.2. The van der Waals surface area contributed by atoms with E-state index in [2.05, 4.69) is 19.7 Å². The van der Waals surface area contributed by atoms with Crippen molar-refractivity contribution < 1.29 is 8.42 Å². The van der Waals surface area contributed by atoms with Crippen molar-refractivity contribution in [1.82, 2.24) is 24.0 Å². The van der Waals surface area contributed by atoms with Crippen molar-refractivity contribution in [2.75, 3.05) is 13.1 Å². The highest BCUT2D eigenvalue weighted by Crippen LogP contribution is 2.21. The molecule has 2 aromatic heterocycles. The molecule has 7 nitrogen and oxygen atoms in total. The molecule has 3 rings (SSSR count). The molecule has 1 aliphatic heterocycles. The van der Waals surface area contributed by atoms with Gasteiger partial charge in [0.2, 0.25) is 0 Å². The van der Waals surface area contributed by atoms with E-state index in [-0.39, 0.29) is 6.54 Å². The minimum absolute atomic E-state index is 0.190. The van der Waals surface area contributed by atoms with Gasteiger partial charge in [0, 0.05) is 30.9 Å². The predicted octanol–water partition coefficient (Wildman–Crippen LogP) is 1.81. The highest BCUT2D eigenvalue weighted by molar-refractivity contribution is 7.87. The Morgan fingerprint density at radius 1 is 1.17 bits per heavy atom. The van der Waals surface area contributed by atoms with Crippen molar-refractivity contribution in [3.8, 4) is 10.7 Å². The van der Waals surface area contributed by atoms with E-state index in [0.29, 0.717) is 24.5 Å². The van der Waals surface area contributed by atoms with Gasteiger partial charge in [-0.2, -0.15) is 17.4 Å². The average molecular weight is 353 g/mol. The highest BCUT2D eigenvalue weighted by Gasteiger charge is 2.22. The lowest BCUT2D eigenvalue weighted by Crippen LogP contribution is -2.40. The van der Waals surface area contributed by atoms with E-state index < -0.39 is 10.2 Å². The molecule has 1 saturated heterocycles. The van der Waals surface area contributed by atoms with Crippen LogP contribution in [-0.4, -0.2) is 40.8 Å². The normalized spacial score (nSPS) is 17.0. The van der Waals surface area contributed by atoms with Gasteiger partial charge >= 0.3 is 0 Å². The molecule has 0 aliphatic carbocycles. The lowest BCUT2D eigenvalue weighted by molar-refractivity contribution is 0.414. The fraction of sp³-hybridized carbons (Fsp3) is 0.500. The Bertz CT molecular complexity index is 725. The van der Waals surface area contributed by atoms with Crippen LogP contribution in [0.1, 0.15) is 31.4 Å². The molecule has 0 unspecified atom stereocenters. The van der Waals surface area contributed by atoms with Crippen LogP contribution in [0.3, 0.4) is 0 Å². The van der Waals surface area contributed by atoms with Gasteiger partial charge in [-0.1, -0.05) is 12.8 Å². The van der Waals surface area contributed by atoms with Crippen LogP contribution in [0.2, 0.25) is 0 Å². The molecule has 2 aromatic rings. The van der Waals surface area contributed by atoms with E-state index in [9.17, 15) is 8.42 Å². The zero-order valence-corrected chi connectivity index (χ0v) is 14.3. The molecule has 0 atom stereocenters. The van der Waals surface area contributed by atoms with Gasteiger partial charge in [-0.3, -0.25) is 9.97 Å². The summed E-state index contributed by atoms with van der Waals surface area (Å²) in [6.45, 7) is 1.38. The second-order valence-corrected chi connectivity index (χ2v) is 7.99. The van der Waals surface area contributed by atoms with Crippen LogP contribution in [0.5, 0.6) is 0 Å². The average Bonchev–Trinajstić information content (AvgIpc) is 2.86. The second-order valence-electron chi connectivity index (χ2n) is 5.37. The van der Waals surface area contributed by atoms with Crippen LogP contribution in [0, 0.1) is 0 Å². The van der Waals surface area contributed by atoms with Crippen LogP contribution >= 0.6 is 11.3 Å². The number of hydrogen-bond donors (Lipinski definition) is 1. The maximum Gasteiger partial charge on any atom is 0.279 e. The zero-order chi connectivity index (χ0) is 16.1. The summed E-state index contributed by atoms with van der Waals surface area (Å²) in [5.74, 6) is 0. The number of hydrogen-bond acceptors (Lipinski definition) is 6. The number of rotatable bonds is 5. The molecule has 1 aliphatic rings. The van der Waals surface area contributed by atoms with E-state index in [1.807, 2.05) is 5.38 Å². The molecular weight excluding hydrogens is 334 g/mol. The topological polar surface area (TPSA) is 88.1 Å². The minimum Gasteiger partial charge on any atom is -0.261 e. The second kappa shape index (κ2) is 7.43. The Hall–Kier alpha value is -1.42. The third-order valence-electron chi connectivity index (χ3n) is 3.67. The molecular formula is C14H19N5O2S2. The molecule has 0 bridgehead atoms. The van der Waals surface area contributed by atoms with Gasteiger partial charge in [0.05, 0.1) is 18.4 Å². The van der Waals surface area contributed by atoms with Crippen molar-refractivity contribution in [2.24, 2.45) is 0 Å². The molecule has 1 N–H and O–H groups in total. The molecule has 0 saturated carbocycles. The summed E-state index contributed by atoms with van der Waals surface area (Å²) >= 11 is 1.43. The minimum atomic E-state index is -3.44. The molecule has 0 aromatic carbocycles. The fourth-order valence-corrected chi connectivity index (χ4v) is 4.49. The van der Waals surface area contributed by atoms with Crippen molar-refractivity contribution >= 4 is 21.5 Å². The van der Waals surface area contributed by atoms with Crippen molar-refractivity contribution in [3.05, 3.63) is 29.7 Å². The first kappa shape index (κ1) is 16.4. The van der Waals surface area contributed by atoms with Crippen LogP contribution in [0.25, 0.3) is 10.7 Å². The SMILES string of the molecule is O=S(=O)(NCc1csc(-c2cnccn2)n1)N1CCCCCC1. The van der Waals surface area contributed by atoms with Gasteiger partial charge in [0.15, 0.2) is 0 Å². The smallest absolute Gasteiger partial charge is 0.261 e. The Labute approximate surface area is 140 Å². The summed E-state index contributed by atoms with van der Waals surface area (Å²) in [7, 11) is -3.44. The van der Waals surface area contributed by atoms with Crippen LogP contribution < -0.4 is 4.72 Å². The van der Waals surface area contributed by atoms with Gasteiger partial charge in [-0.15, -0.1) is 11.3 Å². The quantitative estimate of drug-likeness (QED) is 0.886. The molecule has 0 amide bonds. The Morgan fingerprint density at radius 2 is 1.96 bits per heavy atom. The zero-order valence-electron chi connectivity index (χ0n) is 12.7. The summed E-state index contributed by atoms with van der Waals surface area (Å²) in [5.41, 5.74) is 1.38. The third kappa shape index (κ3) is 4.31. The third-order valence-corrected chi connectivity index (χ3v) is 6.14. The van der Waals surface area contributed by atoms with Crippen molar-refractivity contribution in [2.45, 2.75) is 32.2 Å². The standard InChI is InChI=1S/C14H19N5O2S2/c20-23(21,19-7-3-1-2-4-8-19)17-9-12-11-22-14(18-12)13-10-15-5-6-16-13/h5-6,10-11,17H,1-4,7-9H2. The van der Waals surface area contributed by atoms with E-state index in [1.54, 1.807) is 18.6 Å². The van der Waals surface area contributed by atoms with E-state index in [1.165, 1.54) is 15.6 Å². The number of thiazole rings is 1. The predicted molar refractivity (Wildman–Crippen MR) is 88.9 cm³/mol. The van der Waals surface area contributed by atoms with E-state index >= 15 is 0 Å². The Balaban J connectivity index is 1.63. The summed E-state index contributed by atoms with van der Waals surface area (Å²) in [6, 6.07) is 0. The van der Waals surface area contributed by atoms with E-state index in [4.69, 9.17) is 0 Å². The maximum atomic E-state index is 12.4. The first-order chi connectivity index (χ1) is 11.1. The van der Waals surface area contributed by atoms with Crippen molar-refractivity contribution in [3.63, 3.8) is 0 Å². The van der Waals surface area contributed by atoms with Gasteiger partial charge in [-0.05, 0) is 12.8 Å². The largest absolute Gasteiger partial charge is 0.279 e. The molecule has 124 valence electrons. The van der Waals surface area contributed by atoms with E-state index in [0.717, 1.165) is 30.7 Å². The number of nitrogens with zero attached hydrogens (tertiary/aromatic N) is 4. The summed E-state index contributed by atoms with van der Waals surface area (Å²) in [6.07, 6.45) is 8.90.